The number of hydrogen-bond acceptors (Lipinski definition) is 5. The molecule has 0 fully saturated rings. The quantitative estimate of drug-likeness (QED) is 0.673. The van der Waals surface area contributed by atoms with Gasteiger partial charge >= 0.3 is 0 Å². The Balaban J connectivity index is 2.29. The Hall–Kier alpha value is -1.79. The predicted molar refractivity (Wildman–Crippen MR) is 76.3 cm³/mol. The maximum Gasteiger partial charge on any atom is 0.272 e. The Morgan fingerprint density at radius 3 is 2.95 bits per heavy atom. The van der Waals surface area contributed by atoms with Crippen molar-refractivity contribution in [3.05, 3.63) is 44.3 Å². The first kappa shape index (κ1) is 13.6. The van der Waals surface area contributed by atoms with Crippen molar-refractivity contribution >= 4 is 17.0 Å². The van der Waals surface area contributed by atoms with Crippen molar-refractivity contribution in [1.29, 1.82) is 0 Å². The number of benzene rings is 1. The van der Waals surface area contributed by atoms with Crippen molar-refractivity contribution in [3.63, 3.8) is 0 Å². The number of thiazole rings is 1. The number of aryl methyl sites for hydroxylation is 1. The number of hydrogen-bond donors (Lipinski definition) is 1. The van der Waals surface area contributed by atoms with Gasteiger partial charge in [-0.2, -0.15) is 0 Å². The highest BCUT2D eigenvalue weighted by atomic mass is 32.1. The molecule has 100 valence electrons. The van der Waals surface area contributed by atoms with Gasteiger partial charge < -0.3 is 5.32 Å². The Bertz CT molecular complexity index is 595. The zero-order valence-corrected chi connectivity index (χ0v) is 11.7. The maximum absolute atomic E-state index is 10.9. The Kier molecular flexibility index (Phi) is 4.24. The van der Waals surface area contributed by atoms with Crippen LogP contribution in [0.25, 0.3) is 11.3 Å². The highest BCUT2D eigenvalue weighted by molar-refractivity contribution is 7.09. The molecule has 6 heteroatoms. The molecule has 0 saturated heterocycles. The van der Waals surface area contributed by atoms with Gasteiger partial charge in [-0.1, -0.05) is 19.1 Å². The minimum Gasteiger partial charge on any atom is -0.311 e. The lowest BCUT2D eigenvalue weighted by Gasteiger charge is -2.00. The van der Waals surface area contributed by atoms with E-state index in [2.05, 4.69) is 10.3 Å². The Morgan fingerprint density at radius 1 is 1.47 bits per heavy atom. The number of nitro benzene ring substituents is 1. The van der Waals surface area contributed by atoms with Crippen LogP contribution in [-0.2, 0) is 6.54 Å². The van der Waals surface area contributed by atoms with Gasteiger partial charge in [-0.05, 0) is 13.5 Å². The zero-order chi connectivity index (χ0) is 13.8. The van der Waals surface area contributed by atoms with Gasteiger partial charge in [0.15, 0.2) is 0 Å². The van der Waals surface area contributed by atoms with E-state index in [-0.39, 0.29) is 10.6 Å². The summed E-state index contributed by atoms with van der Waals surface area (Å²) < 4.78 is 0. The first-order valence-electron chi connectivity index (χ1n) is 6.02. The minimum atomic E-state index is -0.356. The average molecular weight is 277 g/mol. The van der Waals surface area contributed by atoms with Crippen molar-refractivity contribution in [2.45, 2.75) is 20.4 Å². The summed E-state index contributed by atoms with van der Waals surface area (Å²) in [6, 6.07) is 5.21. The van der Waals surface area contributed by atoms with E-state index in [1.807, 2.05) is 18.4 Å². The van der Waals surface area contributed by atoms with E-state index < -0.39 is 0 Å². The van der Waals surface area contributed by atoms with E-state index in [1.54, 1.807) is 30.4 Å². The van der Waals surface area contributed by atoms with Crippen LogP contribution < -0.4 is 5.32 Å². The summed E-state index contributed by atoms with van der Waals surface area (Å²) in [7, 11) is 0. The molecule has 1 heterocycles. The monoisotopic (exact) mass is 277 g/mol. The molecule has 5 nitrogen and oxygen atoms in total. The molecule has 0 radical (unpaired) electrons. The lowest BCUT2D eigenvalue weighted by molar-refractivity contribution is -0.385. The van der Waals surface area contributed by atoms with Crippen LogP contribution in [0.5, 0.6) is 0 Å². The van der Waals surface area contributed by atoms with E-state index in [0.717, 1.165) is 29.4 Å². The molecule has 0 spiro atoms. The van der Waals surface area contributed by atoms with Crippen LogP contribution in [0.15, 0.2) is 23.6 Å². The summed E-state index contributed by atoms with van der Waals surface area (Å²) in [5.41, 5.74) is 2.38. The summed E-state index contributed by atoms with van der Waals surface area (Å²) in [6.45, 7) is 5.40. The Labute approximate surface area is 115 Å². The summed E-state index contributed by atoms with van der Waals surface area (Å²) in [5.74, 6) is 0. The topological polar surface area (TPSA) is 68.1 Å². The van der Waals surface area contributed by atoms with Crippen LogP contribution >= 0.6 is 11.3 Å². The highest BCUT2D eigenvalue weighted by Gasteiger charge is 2.13. The number of nitro groups is 1. The van der Waals surface area contributed by atoms with Gasteiger partial charge in [-0.25, -0.2) is 4.98 Å². The molecule has 19 heavy (non-hydrogen) atoms. The largest absolute Gasteiger partial charge is 0.311 e. The third kappa shape index (κ3) is 3.15. The molecule has 1 N–H and O–H groups in total. The third-order valence-corrected chi connectivity index (χ3v) is 3.63. The summed E-state index contributed by atoms with van der Waals surface area (Å²) in [4.78, 5) is 15.1. The molecule has 0 atom stereocenters. The van der Waals surface area contributed by atoms with E-state index in [4.69, 9.17) is 0 Å². The smallest absolute Gasteiger partial charge is 0.272 e. The summed E-state index contributed by atoms with van der Waals surface area (Å²) in [5, 5.41) is 17.1. The minimum absolute atomic E-state index is 0.138. The number of nitrogens with zero attached hydrogens (tertiary/aromatic N) is 2. The van der Waals surface area contributed by atoms with Gasteiger partial charge in [0.25, 0.3) is 5.69 Å². The van der Waals surface area contributed by atoms with Gasteiger partial charge in [0, 0.05) is 29.1 Å². The highest BCUT2D eigenvalue weighted by Crippen LogP contribution is 2.27. The van der Waals surface area contributed by atoms with E-state index >= 15 is 0 Å². The molecule has 0 aliphatic rings. The number of aromatic nitrogens is 1. The van der Waals surface area contributed by atoms with Crippen LogP contribution in [0, 0.1) is 17.0 Å². The predicted octanol–water partition coefficient (Wildman–Crippen LogP) is 3.14. The van der Waals surface area contributed by atoms with E-state index in [9.17, 15) is 10.1 Å². The second kappa shape index (κ2) is 5.90. The van der Waals surface area contributed by atoms with E-state index in [0.29, 0.717) is 5.56 Å². The SMILES string of the molecule is CCNCc1nc(-c2ccc(C)c([N+](=O)[O-])c2)cs1. The number of rotatable bonds is 5. The molecule has 0 unspecified atom stereocenters. The first-order valence-corrected chi connectivity index (χ1v) is 6.90. The normalized spacial score (nSPS) is 10.6. The third-order valence-electron chi connectivity index (χ3n) is 2.78. The van der Waals surface area contributed by atoms with Gasteiger partial charge in [0.1, 0.15) is 5.01 Å². The van der Waals surface area contributed by atoms with Crippen LogP contribution in [0.4, 0.5) is 5.69 Å². The molecule has 1 aromatic carbocycles. The van der Waals surface area contributed by atoms with Gasteiger partial charge in [0.2, 0.25) is 0 Å². The molecular formula is C13H15N3O2S. The average Bonchev–Trinajstić information content (AvgIpc) is 2.85. The summed E-state index contributed by atoms with van der Waals surface area (Å²) in [6.07, 6.45) is 0. The molecule has 1 aromatic heterocycles. The molecule has 0 saturated carbocycles. The van der Waals surface area contributed by atoms with Crippen molar-refractivity contribution in [1.82, 2.24) is 10.3 Å². The van der Waals surface area contributed by atoms with Crippen molar-refractivity contribution in [2.24, 2.45) is 0 Å². The molecule has 2 rings (SSSR count). The zero-order valence-electron chi connectivity index (χ0n) is 10.8. The standard InChI is InChI=1S/C13H15N3O2S/c1-3-14-7-13-15-11(8-19-13)10-5-4-9(2)12(6-10)16(17)18/h4-6,8,14H,3,7H2,1-2H3. The van der Waals surface area contributed by atoms with Gasteiger partial charge in [-0.3, -0.25) is 10.1 Å². The van der Waals surface area contributed by atoms with Crippen molar-refractivity contribution < 1.29 is 4.92 Å². The van der Waals surface area contributed by atoms with Crippen LogP contribution in [-0.4, -0.2) is 16.5 Å². The van der Waals surface area contributed by atoms with E-state index in [1.165, 1.54) is 0 Å². The molecule has 0 bridgehead atoms. The van der Waals surface area contributed by atoms with Crippen molar-refractivity contribution in [2.75, 3.05) is 6.54 Å². The van der Waals surface area contributed by atoms with Crippen LogP contribution in [0.3, 0.4) is 0 Å². The van der Waals surface area contributed by atoms with Gasteiger partial charge in [0.05, 0.1) is 10.6 Å². The molecule has 0 aliphatic heterocycles. The maximum atomic E-state index is 10.9. The fourth-order valence-corrected chi connectivity index (χ4v) is 2.49. The lowest BCUT2D eigenvalue weighted by Crippen LogP contribution is -2.11. The second-order valence-corrected chi connectivity index (χ2v) is 5.11. The van der Waals surface area contributed by atoms with Crippen molar-refractivity contribution in [3.8, 4) is 11.3 Å². The van der Waals surface area contributed by atoms with Gasteiger partial charge in [-0.15, -0.1) is 11.3 Å². The molecule has 0 amide bonds. The Morgan fingerprint density at radius 2 is 2.26 bits per heavy atom. The first-order chi connectivity index (χ1) is 9.11. The van der Waals surface area contributed by atoms with Crippen LogP contribution in [0.2, 0.25) is 0 Å². The fourth-order valence-electron chi connectivity index (χ4n) is 1.72. The van der Waals surface area contributed by atoms with Crippen LogP contribution in [0.1, 0.15) is 17.5 Å². The lowest BCUT2D eigenvalue weighted by atomic mass is 10.1. The fraction of sp³-hybridized carbons (Fsp3) is 0.308. The number of nitrogens with one attached hydrogen (secondary N) is 1. The molecular weight excluding hydrogens is 262 g/mol. The molecule has 0 aliphatic carbocycles. The summed E-state index contributed by atoms with van der Waals surface area (Å²) >= 11 is 1.56. The second-order valence-electron chi connectivity index (χ2n) is 4.17. The molecule has 2 aromatic rings.